The molecule has 0 aliphatic heterocycles. The van der Waals surface area contributed by atoms with Crippen LogP contribution in [0.25, 0.3) is 28.0 Å². The van der Waals surface area contributed by atoms with Crippen LogP contribution in [0.2, 0.25) is 36.3 Å². The maximum Gasteiger partial charge on any atom is 0.192 e. The van der Waals surface area contributed by atoms with Crippen molar-refractivity contribution in [3.05, 3.63) is 66.4 Å². The highest BCUT2D eigenvalue weighted by Crippen LogP contribution is 2.45. The van der Waals surface area contributed by atoms with E-state index in [9.17, 15) is 4.55 Å². The molecule has 272 valence electrons. The number of benzene rings is 1. The van der Waals surface area contributed by atoms with Crippen molar-refractivity contribution in [3.8, 4) is 17.1 Å². The lowest BCUT2D eigenvalue weighted by Crippen LogP contribution is -2.51. The monoisotopic (exact) mass is 734 g/mol. The molecule has 1 aromatic carbocycles. The van der Waals surface area contributed by atoms with Crippen molar-refractivity contribution < 1.29 is 13.4 Å². The Hall–Kier alpha value is -2.46. The van der Waals surface area contributed by atoms with Gasteiger partial charge < -0.3 is 13.4 Å². The molecule has 0 saturated heterocycles. The summed E-state index contributed by atoms with van der Waals surface area (Å²) in [6.45, 7) is 29.1. The Balaban J connectivity index is 1.41. The van der Waals surface area contributed by atoms with Crippen LogP contribution in [-0.4, -0.2) is 56.8 Å². The van der Waals surface area contributed by atoms with Gasteiger partial charge in [0, 0.05) is 28.4 Å². The largest absolute Gasteiger partial charge is 0.598 e. The Morgan fingerprint density at radius 2 is 1.58 bits per heavy atom. The highest BCUT2D eigenvalue weighted by molar-refractivity contribution is 7.90. The number of aromatic nitrogens is 5. The van der Waals surface area contributed by atoms with Crippen molar-refractivity contribution in [1.29, 1.82) is 0 Å². The maximum atomic E-state index is 13.5. The van der Waals surface area contributed by atoms with Gasteiger partial charge in [0.25, 0.3) is 0 Å². The van der Waals surface area contributed by atoms with Gasteiger partial charge in [-0.3, -0.25) is 9.97 Å². The molecule has 9 nitrogen and oxygen atoms in total. The Morgan fingerprint density at radius 3 is 2.22 bits per heavy atom. The minimum absolute atomic E-state index is 0.108. The van der Waals surface area contributed by atoms with Crippen LogP contribution in [0.5, 0.6) is 0 Å². The normalized spacial score (nSPS) is 19.0. The molecule has 3 aromatic heterocycles. The molecule has 1 N–H and O–H groups in total. The lowest BCUT2D eigenvalue weighted by Gasteiger charge is -2.46. The van der Waals surface area contributed by atoms with Gasteiger partial charge in [-0.15, -0.1) is 4.72 Å². The zero-order chi connectivity index (χ0) is 36.9. The van der Waals surface area contributed by atoms with E-state index >= 15 is 0 Å². The van der Waals surface area contributed by atoms with Gasteiger partial charge in [-0.1, -0.05) is 59.7 Å². The van der Waals surface area contributed by atoms with Gasteiger partial charge in [0.2, 0.25) is 0 Å². The minimum Gasteiger partial charge on any atom is -0.598 e. The van der Waals surface area contributed by atoms with Gasteiger partial charge in [-0.2, -0.15) is 5.10 Å². The summed E-state index contributed by atoms with van der Waals surface area (Å²) in [6, 6.07) is 12.2. The smallest absolute Gasteiger partial charge is 0.192 e. The Morgan fingerprint density at radius 1 is 0.900 bits per heavy atom. The van der Waals surface area contributed by atoms with Crippen molar-refractivity contribution in [2.75, 3.05) is 0 Å². The third-order valence-corrected chi connectivity index (χ3v) is 21.5. The summed E-state index contributed by atoms with van der Waals surface area (Å²) in [6.07, 6.45) is 7.42. The predicted octanol–water partition coefficient (Wildman–Crippen LogP) is 9.29. The van der Waals surface area contributed by atoms with Gasteiger partial charge in [0.15, 0.2) is 22.5 Å². The second kappa shape index (κ2) is 14.2. The highest BCUT2D eigenvalue weighted by atomic mass is 32.2. The van der Waals surface area contributed by atoms with Crippen molar-refractivity contribution in [1.82, 2.24) is 29.5 Å². The van der Waals surface area contributed by atoms with E-state index in [2.05, 4.69) is 107 Å². The van der Waals surface area contributed by atoms with E-state index in [1.165, 1.54) is 0 Å². The number of hydrogen-bond donors (Lipinski definition) is 1. The summed E-state index contributed by atoms with van der Waals surface area (Å²) in [5.41, 5.74) is 4.40. The molecule has 0 bridgehead atoms. The van der Waals surface area contributed by atoms with E-state index in [1.54, 1.807) is 12.4 Å². The Bertz CT molecular complexity index is 1790. The van der Waals surface area contributed by atoms with Crippen molar-refractivity contribution in [2.24, 2.45) is 5.92 Å². The molecule has 0 amide bonds. The van der Waals surface area contributed by atoms with Gasteiger partial charge in [0.1, 0.15) is 4.75 Å². The van der Waals surface area contributed by atoms with Gasteiger partial charge in [0.05, 0.1) is 53.8 Å². The van der Waals surface area contributed by atoms with Crippen LogP contribution in [0.1, 0.15) is 92.6 Å². The first-order valence-corrected chi connectivity index (χ1v) is 24.8. The molecule has 5 rings (SSSR count). The molecule has 1 saturated carbocycles. The predicted molar refractivity (Wildman–Crippen MR) is 210 cm³/mol. The average molecular weight is 735 g/mol. The van der Waals surface area contributed by atoms with E-state index in [4.69, 9.17) is 18.8 Å². The van der Waals surface area contributed by atoms with Crippen LogP contribution in [0.15, 0.2) is 55.0 Å². The molecule has 0 unspecified atom stereocenters. The fourth-order valence-corrected chi connectivity index (χ4v) is 8.66. The zero-order valence-electron chi connectivity index (χ0n) is 32.4. The lowest BCUT2D eigenvalue weighted by molar-refractivity contribution is 0.0365. The highest BCUT2D eigenvalue weighted by Gasteiger charge is 2.46. The van der Waals surface area contributed by atoms with Crippen molar-refractivity contribution in [3.63, 3.8) is 0 Å². The molecule has 0 radical (unpaired) electrons. The number of hydrogen-bond acceptors (Lipinski definition) is 8. The number of rotatable bonds is 11. The van der Waals surface area contributed by atoms with Crippen LogP contribution in [0.4, 0.5) is 0 Å². The molecule has 12 heteroatoms. The first kappa shape index (κ1) is 38.8. The zero-order valence-corrected chi connectivity index (χ0v) is 35.2. The maximum absolute atomic E-state index is 13.5. The molecule has 0 spiro atoms. The molecule has 2 atom stereocenters. The fraction of sp³-hybridized carbons (Fsp3) is 0.579. The van der Waals surface area contributed by atoms with Crippen LogP contribution >= 0.6 is 0 Å². The van der Waals surface area contributed by atoms with Gasteiger partial charge in [-0.25, -0.2) is 9.67 Å². The first-order chi connectivity index (χ1) is 23.1. The van der Waals surface area contributed by atoms with Crippen molar-refractivity contribution >= 4 is 38.9 Å². The summed E-state index contributed by atoms with van der Waals surface area (Å²) in [7, 11) is -3.82. The van der Waals surface area contributed by atoms with Crippen LogP contribution in [0.3, 0.4) is 0 Å². The van der Waals surface area contributed by atoms with E-state index in [0.29, 0.717) is 12.4 Å². The second-order valence-electron chi connectivity index (χ2n) is 17.9. The third-order valence-electron chi connectivity index (χ3n) is 10.9. The first-order valence-electron chi connectivity index (χ1n) is 17.8. The lowest BCUT2D eigenvalue weighted by atomic mass is 9.76. The fourth-order valence-electron chi connectivity index (χ4n) is 5.44. The topological polar surface area (TPSA) is 110 Å². The summed E-state index contributed by atoms with van der Waals surface area (Å²) in [5, 5.41) is 5.95. The quantitative estimate of drug-likeness (QED) is 0.120. The molecule has 3 heterocycles. The second-order valence-corrected chi connectivity index (χ2v) is 29.5. The Kier molecular flexibility index (Phi) is 11.0. The van der Waals surface area contributed by atoms with Crippen LogP contribution in [0, 0.1) is 5.92 Å². The molecule has 1 aliphatic rings. The molecule has 50 heavy (non-hydrogen) atoms. The molecule has 1 fully saturated rings. The van der Waals surface area contributed by atoms with Gasteiger partial charge in [-0.05, 0) is 94.0 Å². The summed E-state index contributed by atoms with van der Waals surface area (Å²) >= 11 is -1.26. The van der Waals surface area contributed by atoms with E-state index in [0.717, 1.165) is 46.4 Å². The molecular weight excluding hydrogens is 677 g/mol. The number of nitrogens with zero attached hydrogens (tertiary/aromatic N) is 5. The van der Waals surface area contributed by atoms with Crippen LogP contribution < -0.4 is 4.72 Å². The van der Waals surface area contributed by atoms with E-state index in [1.807, 2.05) is 43.8 Å². The SMILES string of the molecule is CC(C)(C)[S@@+]([O-])N[C@H](c1cccc(-c2ccc3cnn(-c4cncc(CO[Si](C)(C)C(C)(C)C)n4)c3c2)n1)[C@H]1C[C@@H](O[Si](C)(C)C(C)(C)C)C1. The van der Waals surface area contributed by atoms with Crippen molar-refractivity contribution in [2.45, 2.75) is 135 Å². The molecular formula is C38H58N6O3SSi2. The number of pyridine rings is 1. The summed E-state index contributed by atoms with van der Waals surface area (Å²) < 4.78 is 31.5. The van der Waals surface area contributed by atoms with Crippen LogP contribution in [-0.2, 0) is 26.8 Å². The molecule has 4 aromatic rings. The average Bonchev–Trinajstić information content (AvgIpc) is 3.43. The molecule has 1 aliphatic carbocycles. The van der Waals surface area contributed by atoms with E-state index < -0.39 is 32.7 Å². The summed E-state index contributed by atoms with van der Waals surface area (Å²) in [4.78, 5) is 14.6. The Labute approximate surface area is 305 Å². The third kappa shape index (κ3) is 8.59. The number of nitrogens with one attached hydrogen (secondary N) is 1. The van der Waals surface area contributed by atoms with E-state index in [-0.39, 0.29) is 28.1 Å². The number of fused-ring (bicyclic) bond motifs is 1. The summed E-state index contributed by atoms with van der Waals surface area (Å²) in [5.74, 6) is 0.915. The minimum atomic E-state index is -1.94. The van der Waals surface area contributed by atoms with Gasteiger partial charge >= 0.3 is 0 Å². The standard InChI is InChI=1S/C38H58N6O3SSi2/c1-36(2,3)48(45)43-35(28-19-30(20-28)47-50(12,13)38(7,8)9)32-16-14-15-31(42-32)26-17-18-27-22-40-44(33(27)21-26)34-24-39-23-29(41-34)25-46-49(10,11)37(4,5)6/h14-18,21-24,28,30,35,43H,19-20,25H2,1-13H3/t28-,30+,35-,48+/m0/s1.